The van der Waals surface area contributed by atoms with Gasteiger partial charge in [-0.3, -0.25) is 0 Å². The second-order valence-corrected chi connectivity index (χ2v) is 8.19. The van der Waals surface area contributed by atoms with Crippen molar-refractivity contribution < 1.29 is 24.1 Å². The van der Waals surface area contributed by atoms with E-state index in [-0.39, 0.29) is 18.2 Å². The fourth-order valence-corrected chi connectivity index (χ4v) is 3.88. The van der Waals surface area contributed by atoms with Crippen LogP contribution in [0.3, 0.4) is 0 Å². The first-order chi connectivity index (χ1) is 13.2. The molecule has 1 unspecified atom stereocenters. The summed E-state index contributed by atoms with van der Waals surface area (Å²) in [4.78, 5) is 12.8. The highest BCUT2D eigenvalue weighted by molar-refractivity contribution is 5.95. The molecular formula is C23H30O5. The zero-order chi connectivity index (χ0) is 20.5. The molecule has 0 amide bonds. The number of aliphatic hydroxyl groups is 1. The van der Waals surface area contributed by atoms with Gasteiger partial charge in [0, 0.05) is 6.42 Å². The van der Waals surface area contributed by atoms with Crippen LogP contribution in [-0.2, 0) is 14.2 Å². The van der Waals surface area contributed by atoms with Gasteiger partial charge in [0.2, 0.25) is 0 Å². The topological polar surface area (TPSA) is 65.0 Å². The SMILES string of the molecule is Cc1cc(C)c2c(c1)C=CC[C@@H]1OC(C)(C)O[C@@H]1C(O)/C=C\C[C@H](C)OC2=O. The lowest BCUT2D eigenvalue weighted by Gasteiger charge is -2.20. The molecule has 1 aromatic rings. The van der Waals surface area contributed by atoms with Crippen LogP contribution in [0.2, 0.25) is 0 Å². The lowest BCUT2D eigenvalue weighted by atomic mass is 9.97. The van der Waals surface area contributed by atoms with E-state index in [0.29, 0.717) is 18.4 Å². The van der Waals surface area contributed by atoms with Crippen molar-refractivity contribution in [3.05, 3.63) is 52.6 Å². The molecule has 0 aliphatic carbocycles. The lowest BCUT2D eigenvalue weighted by Crippen LogP contribution is -2.34. The number of hydrogen-bond acceptors (Lipinski definition) is 5. The molecular weight excluding hydrogens is 356 g/mol. The fourth-order valence-electron chi connectivity index (χ4n) is 3.88. The van der Waals surface area contributed by atoms with Gasteiger partial charge in [-0.25, -0.2) is 4.79 Å². The standard InChI is InChI=1S/C23H30O5/c1-14-12-15(2)20-17(13-14)9-7-11-19-21(28-23(4,5)27-19)18(24)10-6-8-16(3)26-22(20)25/h6-7,9-10,12-13,16,18-19,21,24H,8,11H2,1-5H3/b9-7?,10-6-/t16-,18?,19-,21+/m0/s1. The summed E-state index contributed by atoms with van der Waals surface area (Å²) in [5.41, 5.74) is 3.41. The zero-order valence-electron chi connectivity index (χ0n) is 17.3. The van der Waals surface area contributed by atoms with Crippen molar-refractivity contribution in [3.63, 3.8) is 0 Å². The van der Waals surface area contributed by atoms with Crippen LogP contribution in [0.1, 0.15) is 60.7 Å². The third-order valence-corrected chi connectivity index (χ3v) is 5.05. The number of carbonyl (C=O) groups excluding carboxylic acids is 1. The molecule has 5 nitrogen and oxygen atoms in total. The van der Waals surface area contributed by atoms with Crippen molar-refractivity contribution in [1.82, 2.24) is 0 Å². The number of fused-ring (bicyclic) bond motifs is 2. The van der Waals surface area contributed by atoms with Crippen molar-refractivity contribution in [2.45, 2.75) is 77.7 Å². The molecule has 2 heterocycles. The minimum absolute atomic E-state index is 0.271. The van der Waals surface area contributed by atoms with Crippen molar-refractivity contribution in [3.8, 4) is 0 Å². The largest absolute Gasteiger partial charge is 0.459 e. The highest BCUT2D eigenvalue weighted by Gasteiger charge is 2.43. The van der Waals surface area contributed by atoms with Crippen molar-refractivity contribution >= 4 is 12.0 Å². The van der Waals surface area contributed by atoms with Crippen LogP contribution in [0.15, 0.2) is 30.4 Å². The van der Waals surface area contributed by atoms with Gasteiger partial charge in [0.1, 0.15) is 18.3 Å². The molecule has 1 aromatic carbocycles. The van der Waals surface area contributed by atoms with Crippen LogP contribution >= 0.6 is 0 Å². The number of benzene rings is 1. The second-order valence-electron chi connectivity index (χ2n) is 8.19. The smallest absolute Gasteiger partial charge is 0.339 e. The van der Waals surface area contributed by atoms with E-state index >= 15 is 0 Å². The monoisotopic (exact) mass is 386 g/mol. The number of aliphatic hydroxyl groups excluding tert-OH is 1. The van der Waals surface area contributed by atoms with E-state index in [1.807, 2.05) is 65.0 Å². The van der Waals surface area contributed by atoms with Crippen LogP contribution in [0.25, 0.3) is 6.08 Å². The van der Waals surface area contributed by atoms with Crippen molar-refractivity contribution in [2.75, 3.05) is 0 Å². The van der Waals surface area contributed by atoms with Gasteiger partial charge in [-0.2, -0.15) is 0 Å². The predicted octanol–water partition coefficient (Wildman–Crippen LogP) is 4.09. The van der Waals surface area contributed by atoms with E-state index in [0.717, 1.165) is 16.7 Å². The number of hydrogen-bond donors (Lipinski definition) is 1. The van der Waals surface area contributed by atoms with E-state index in [1.54, 1.807) is 6.08 Å². The molecule has 2 aliphatic rings. The van der Waals surface area contributed by atoms with Crippen LogP contribution in [-0.4, -0.2) is 41.3 Å². The third-order valence-electron chi connectivity index (χ3n) is 5.05. The molecule has 0 spiro atoms. The zero-order valence-corrected chi connectivity index (χ0v) is 17.3. The Hall–Kier alpha value is -1.95. The highest BCUT2D eigenvalue weighted by atomic mass is 16.8. The van der Waals surface area contributed by atoms with E-state index in [9.17, 15) is 9.90 Å². The van der Waals surface area contributed by atoms with Crippen LogP contribution in [0, 0.1) is 13.8 Å². The second kappa shape index (κ2) is 8.19. The summed E-state index contributed by atoms with van der Waals surface area (Å²) in [5, 5.41) is 10.6. The highest BCUT2D eigenvalue weighted by Crippen LogP contribution is 2.33. The molecule has 0 bridgehead atoms. The number of aryl methyl sites for hydroxylation is 2. The Morgan fingerprint density at radius 2 is 1.86 bits per heavy atom. The van der Waals surface area contributed by atoms with Gasteiger partial charge in [-0.15, -0.1) is 0 Å². The summed E-state index contributed by atoms with van der Waals surface area (Å²) in [5.74, 6) is -1.07. The van der Waals surface area contributed by atoms with Crippen molar-refractivity contribution in [1.29, 1.82) is 0 Å². The predicted molar refractivity (Wildman–Crippen MR) is 108 cm³/mol. The number of ether oxygens (including phenoxy) is 3. The van der Waals surface area contributed by atoms with E-state index in [1.165, 1.54) is 0 Å². The number of esters is 1. The van der Waals surface area contributed by atoms with Crippen LogP contribution < -0.4 is 0 Å². The van der Waals surface area contributed by atoms with E-state index < -0.39 is 18.0 Å². The lowest BCUT2D eigenvalue weighted by molar-refractivity contribution is -0.152. The fraction of sp³-hybridized carbons (Fsp3) is 0.522. The molecule has 1 N–H and O–H groups in total. The number of carbonyl (C=O) groups is 1. The van der Waals surface area contributed by atoms with Gasteiger partial charge in [-0.05, 0) is 52.2 Å². The van der Waals surface area contributed by atoms with Gasteiger partial charge >= 0.3 is 5.97 Å². The Bertz CT molecular complexity index is 792. The molecule has 4 atom stereocenters. The first kappa shape index (κ1) is 20.8. The maximum Gasteiger partial charge on any atom is 0.339 e. The summed E-state index contributed by atoms with van der Waals surface area (Å²) >= 11 is 0. The first-order valence-electron chi connectivity index (χ1n) is 9.85. The Kier molecular flexibility index (Phi) is 6.08. The van der Waals surface area contributed by atoms with Gasteiger partial charge in [-0.1, -0.05) is 42.0 Å². The molecule has 0 saturated carbocycles. The maximum atomic E-state index is 12.8. The molecule has 0 radical (unpaired) electrons. The average Bonchev–Trinajstić information content (AvgIpc) is 2.88. The molecule has 1 fully saturated rings. The summed E-state index contributed by atoms with van der Waals surface area (Å²) < 4.78 is 17.6. The van der Waals surface area contributed by atoms with Gasteiger partial charge in [0.05, 0.1) is 11.7 Å². The quantitative estimate of drug-likeness (QED) is 0.537. The third kappa shape index (κ3) is 4.72. The minimum atomic E-state index is -0.789. The minimum Gasteiger partial charge on any atom is -0.459 e. The Balaban J connectivity index is 1.98. The summed E-state index contributed by atoms with van der Waals surface area (Å²) in [6, 6.07) is 3.98. The summed E-state index contributed by atoms with van der Waals surface area (Å²) in [7, 11) is 0. The molecule has 1 saturated heterocycles. The van der Waals surface area contributed by atoms with E-state index in [2.05, 4.69) is 0 Å². The molecule has 3 rings (SSSR count). The normalized spacial score (nSPS) is 31.4. The van der Waals surface area contributed by atoms with Gasteiger partial charge < -0.3 is 19.3 Å². The van der Waals surface area contributed by atoms with Crippen LogP contribution in [0.4, 0.5) is 0 Å². The van der Waals surface area contributed by atoms with Crippen molar-refractivity contribution in [2.24, 2.45) is 0 Å². The Morgan fingerprint density at radius 3 is 2.61 bits per heavy atom. The van der Waals surface area contributed by atoms with E-state index in [4.69, 9.17) is 14.2 Å². The summed E-state index contributed by atoms with van der Waals surface area (Å²) in [6.45, 7) is 9.49. The van der Waals surface area contributed by atoms with Gasteiger partial charge in [0.25, 0.3) is 0 Å². The van der Waals surface area contributed by atoms with Crippen LogP contribution in [0.5, 0.6) is 0 Å². The van der Waals surface area contributed by atoms with Gasteiger partial charge in [0.15, 0.2) is 5.79 Å². The molecule has 2 aliphatic heterocycles. The first-order valence-corrected chi connectivity index (χ1v) is 9.85. The number of rotatable bonds is 0. The Morgan fingerprint density at radius 1 is 1.11 bits per heavy atom. The summed E-state index contributed by atoms with van der Waals surface area (Å²) in [6.07, 6.45) is 6.70. The average molecular weight is 386 g/mol. The molecule has 0 aromatic heterocycles. The maximum absolute atomic E-state index is 12.8. The molecule has 28 heavy (non-hydrogen) atoms. The molecule has 5 heteroatoms. The number of cyclic esters (lactones) is 1. The Labute approximate surface area is 167 Å². The molecule has 152 valence electrons.